The van der Waals surface area contributed by atoms with Crippen LogP contribution in [0.3, 0.4) is 0 Å². The van der Waals surface area contributed by atoms with Crippen molar-refractivity contribution in [3.63, 3.8) is 0 Å². The lowest BCUT2D eigenvalue weighted by molar-refractivity contribution is 0.401. The molecular weight excluding hydrogens is 236 g/mol. The molecule has 1 aromatic heterocycles. The fraction of sp³-hybridized carbons (Fsp3) is 0.312. The van der Waals surface area contributed by atoms with Gasteiger partial charge in [0.05, 0.1) is 7.11 Å². The number of likely N-dealkylation sites (N-methyl/N-ethyl adjacent to an activating group) is 1. The molecular formula is C16H20N2O. The molecule has 2 rings (SSSR count). The molecule has 0 aliphatic rings. The van der Waals surface area contributed by atoms with Crippen LogP contribution in [0.4, 0.5) is 0 Å². The Morgan fingerprint density at radius 3 is 2.74 bits per heavy atom. The minimum atomic E-state index is 0.199. The van der Waals surface area contributed by atoms with Gasteiger partial charge in [-0.3, -0.25) is 4.98 Å². The number of aryl methyl sites for hydroxylation is 1. The maximum atomic E-state index is 5.46. The molecule has 0 saturated heterocycles. The molecule has 0 aliphatic heterocycles. The molecule has 0 radical (unpaired) electrons. The highest BCUT2D eigenvalue weighted by molar-refractivity contribution is 5.39. The van der Waals surface area contributed by atoms with Gasteiger partial charge in [0.1, 0.15) is 5.75 Å². The van der Waals surface area contributed by atoms with E-state index >= 15 is 0 Å². The van der Waals surface area contributed by atoms with Gasteiger partial charge < -0.3 is 10.1 Å². The summed E-state index contributed by atoms with van der Waals surface area (Å²) >= 11 is 0. The van der Waals surface area contributed by atoms with Crippen LogP contribution in [0.1, 0.15) is 22.9 Å². The van der Waals surface area contributed by atoms with Crippen molar-refractivity contribution in [1.82, 2.24) is 10.3 Å². The van der Waals surface area contributed by atoms with Crippen LogP contribution in [0.2, 0.25) is 0 Å². The van der Waals surface area contributed by atoms with E-state index in [0.717, 1.165) is 17.9 Å². The van der Waals surface area contributed by atoms with Crippen molar-refractivity contribution in [2.45, 2.75) is 19.4 Å². The lowest BCUT2D eigenvalue weighted by Crippen LogP contribution is -2.20. The predicted molar refractivity (Wildman–Crippen MR) is 77.5 cm³/mol. The van der Waals surface area contributed by atoms with Gasteiger partial charge in [-0.15, -0.1) is 0 Å². The van der Waals surface area contributed by atoms with E-state index in [0.29, 0.717) is 0 Å². The Morgan fingerprint density at radius 1 is 1.26 bits per heavy atom. The first-order chi connectivity index (χ1) is 9.24. The van der Waals surface area contributed by atoms with Gasteiger partial charge in [-0.1, -0.05) is 23.8 Å². The molecule has 1 atom stereocenters. The highest BCUT2D eigenvalue weighted by atomic mass is 16.5. The zero-order valence-corrected chi connectivity index (χ0v) is 11.7. The van der Waals surface area contributed by atoms with Crippen molar-refractivity contribution in [2.75, 3.05) is 14.2 Å². The number of benzene rings is 1. The molecule has 1 aromatic carbocycles. The summed E-state index contributed by atoms with van der Waals surface area (Å²) in [4.78, 5) is 4.39. The van der Waals surface area contributed by atoms with Crippen LogP contribution in [0.5, 0.6) is 5.75 Å². The summed E-state index contributed by atoms with van der Waals surface area (Å²) in [6.45, 7) is 2.09. The number of methoxy groups -OCH3 is 1. The summed E-state index contributed by atoms with van der Waals surface area (Å²) in [7, 11) is 3.68. The third-order valence-electron chi connectivity index (χ3n) is 3.25. The number of hydrogen-bond donors (Lipinski definition) is 1. The minimum absolute atomic E-state index is 0.199. The molecule has 0 amide bonds. The van der Waals surface area contributed by atoms with E-state index in [1.54, 1.807) is 7.11 Å². The molecule has 1 unspecified atom stereocenters. The standard InChI is InChI=1S/C16H20N2O/c1-12-7-8-16(19-3)14(10-12)15(17-2)11-13-6-4-5-9-18-13/h4-10,15,17H,11H2,1-3H3. The van der Waals surface area contributed by atoms with Crippen LogP contribution in [0, 0.1) is 6.92 Å². The number of ether oxygens (including phenoxy) is 1. The zero-order chi connectivity index (χ0) is 13.7. The molecule has 2 aromatic rings. The number of nitrogens with zero attached hydrogens (tertiary/aromatic N) is 1. The van der Waals surface area contributed by atoms with Crippen LogP contribution in [0.15, 0.2) is 42.6 Å². The summed E-state index contributed by atoms with van der Waals surface area (Å²) in [6.07, 6.45) is 2.67. The van der Waals surface area contributed by atoms with Crippen LogP contribution in [-0.4, -0.2) is 19.1 Å². The second-order valence-electron chi connectivity index (χ2n) is 4.61. The van der Waals surface area contributed by atoms with E-state index < -0.39 is 0 Å². The van der Waals surface area contributed by atoms with Crippen molar-refractivity contribution in [3.8, 4) is 5.75 Å². The Labute approximate surface area is 114 Å². The van der Waals surface area contributed by atoms with Crippen LogP contribution >= 0.6 is 0 Å². The third kappa shape index (κ3) is 3.32. The van der Waals surface area contributed by atoms with Gasteiger partial charge in [0.2, 0.25) is 0 Å². The highest BCUT2D eigenvalue weighted by Crippen LogP contribution is 2.28. The van der Waals surface area contributed by atoms with E-state index in [2.05, 4.69) is 29.4 Å². The van der Waals surface area contributed by atoms with Crippen molar-refractivity contribution in [3.05, 3.63) is 59.4 Å². The second-order valence-corrected chi connectivity index (χ2v) is 4.61. The van der Waals surface area contributed by atoms with Crippen molar-refractivity contribution in [2.24, 2.45) is 0 Å². The Morgan fingerprint density at radius 2 is 2.11 bits per heavy atom. The van der Waals surface area contributed by atoms with Crippen LogP contribution < -0.4 is 10.1 Å². The summed E-state index contributed by atoms with van der Waals surface area (Å²) < 4.78 is 5.46. The summed E-state index contributed by atoms with van der Waals surface area (Å²) in [5, 5.41) is 3.35. The van der Waals surface area contributed by atoms with Gasteiger partial charge in [0, 0.05) is 29.9 Å². The van der Waals surface area contributed by atoms with Crippen molar-refractivity contribution in [1.29, 1.82) is 0 Å². The van der Waals surface area contributed by atoms with Gasteiger partial charge in [-0.05, 0) is 32.2 Å². The first kappa shape index (κ1) is 13.6. The van der Waals surface area contributed by atoms with Gasteiger partial charge in [0.25, 0.3) is 0 Å². The first-order valence-corrected chi connectivity index (χ1v) is 6.46. The Kier molecular flexibility index (Phi) is 4.53. The highest BCUT2D eigenvalue weighted by Gasteiger charge is 2.15. The molecule has 19 heavy (non-hydrogen) atoms. The molecule has 3 heteroatoms. The molecule has 1 heterocycles. The Hall–Kier alpha value is -1.87. The Balaban J connectivity index is 2.29. The monoisotopic (exact) mass is 256 g/mol. The van der Waals surface area contributed by atoms with E-state index in [1.165, 1.54) is 11.1 Å². The Bertz CT molecular complexity index is 526. The first-order valence-electron chi connectivity index (χ1n) is 6.46. The minimum Gasteiger partial charge on any atom is -0.496 e. The number of aromatic nitrogens is 1. The molecule has 0 fully saturated rings. The van der Waals surface area contributed by atoms with Crippen molar-refractivity contribution < 1.29 is 4.74 Å². The molecule has 0 aliphatic carbocycles. The fourth-order valence-corrected chi connectivity index (χ4v) is 2.22. The van der Waals surface area contributed by atoms with E-state index in [4.69, 9.17) is 4.74 Å². The fourth-order valence-electron chi connectivity index (χ4n) is 2.22. The molecule has 3 nitrogen and oxygen atoms in total. The van der Waals surface area contributed by atoms with E-state index in [-0.39, 0.29) is 6.04 Å². The van der Waals surface area contributed by atoms with Gasteiger partial charge >= 0.3 is 0 Å². The molecule has 0 saturated carbocycles. The SMILES string of the molecule is CNC(Cc1ccccn1)c1cc(C)ccc1OC. The third-order valence-corrected chi connectivity index (χ3v) is 3.25. The maximum Gasteiger partial charge on any atom is 0.123 e. The van der Waals surface area contributed by atoms with E-state index in [1.807, 2.05) is 37.5 Å². The lowest BCUT2D eigenvalue weighted by Gasteiger charge is -2.19. The summed E-state index contributed by atoms with van der Waals surface area (Å²) in [5.41, 5.74) is 3.48. The molecule has 0 bridgehead atoms. The zero-order valence-electron chi connectivity index (χ0n) is 11.7. The van der Waals surface area contributed by atoms with Crippen LogP contribution in [-0.2, 0) is 6.42 Å². The van der Waals surface area contributed by atoms with Gasteiger partial charge in [-0.25, -0.2) is 0 Å². The van der Waals surface area contributed by atoms with Gasteiger partial charge in [0.15, 0.2) is 0 Å². The van der Waals surface area contributed by atoms with Crippen molar-refractivity contribution >= 4 is 0 Å². The lowest BCUT2D eigenvalue weighted by atomic mass is 9.99. The topological polar surface area (TPSA) is 34.2 Å². The summed E-state index contributed by atoms with van der Waals surface area (Å²) in [5.74, 6) is 0.917. The van der Waals surface area contributed by atoms with Gasteiger partial charge in [-0.2, -0.15) is 0 Å². The predicted octanol–water partition coefficient (Wildman–Crippen LogP) is 2.90. The number of rotatable bonds is 5. The number of hydrogen-bond acceptors (Lipinski definition) is 3. The van der Waals surface area contributed by atoms with E-state index in [9.17, 15) is 0 Å². The second kappa shape index (κ2) is 6.34. The average Bonchev–Trinajstić information content (AvgIpc) is 2.46. The molecule has 1 N–H and O–H groups in total. The number of nitrogens with one attached hydrogen (secondary N) is 1. The molecule has 100 valence electrons. The maximum absolute atomic E-state index is 5.46. The normalized spacial score (nSPS) is 12.2. The number of pyridine rings is 1. The quantitative estimate of drug-likeness (QED) is 0.893. The van der Waals surface area contributed by atoms with Crippen LogP contribution in [0.25, 0.3) is 0 Å². The summed E-state index contributed by atoms with van der Waals surface area (Å²) in [6, 6.07) is 12.5. The average molecular weight is 256 g/mol. The smallest absolute Gasteiger partial charge is 0.123 e. The molecule has 0 spiro atoms. The largest absolute Gasteiger partial charge is 0.496 e.